The molecular formula is C16H17N2O+. The number of hydrogen-bond acceptors (Lipinski definition) is 1. The summed E-state index contributed by atoms with van der Waals surface area (Å²) in [5, 5.41) is 2.88. The maximum Gasteiger partial charge on any atom is 0.221 e. The second kappa shape index (κ2) is 5.96. The van der Waals surface area contributed by atoms with Gasteiger partial charge in [-0.15, -0.1) is 0 Å². The van der Waals surface area contributed by atoms with E-state index in [4.69, 9.17) is 0 Å². The first-order valence-electron chi connectivity index (χ1n) is 6.15. The molecule has 2 aromatic rings. The number of amides is 1. The molecule has 19 heavy (non-hydrogen) atoms. The van der Waals surface area contributed by atoms with Gasteiger partial charge in [0.15, 0.2) is 12.4 Å². The second-order valence-corrected chi connectivity index (χ2v) is 4.40. The SMILES string of the molecule is CC(=O)NC(=Cc1ccccc1)c1cc[n+](C)cc1. The van der Waals surface area contributed by atoms with Crippen molar-refractivity contribution in [2.45, 2.75) is 6.92 Å². The van der Waals surface area contributed by atoms with Crippen LogP contribution >= 0.6 is 0 Å². The van der Waals surface area contributed by atoms with Crippen LogP contribution in [-0.4, -0.2) is 5.91 Å². The molecule has 0 aliphatic carbocycles. The molecule has 3 nitrogen and oxygen atoms in total. The second-order valence-electron chi connectivity index (χ2n) is 4.40. The molecule has 0 aliphatic rings. The van der Waals surface area contributed by atoms with Crippen LogP contribution in [0.5, 0.6) is 0 Å². The van der Waals surface area contributed by atoms with E-state index in [0.717, 1.165) is 16.8 Å². The summed E-state index contributed by atoms with van der Waals surface area (Å²) in [6, 6.07) is 13.9. The van der Waals surface area contributed by atoms with Crippen LogP contribution in [0.3, 0.4) is 0 Å². The molecule has 1 N–H and O–H groups in total. The van der Waals surface area contributed by atoms with E-state index >= 15 is 0 Å². The predicted molar refractivity (Wildman–Crippen MR) is 75.7 cm³/mol. The van der Waals surface area contributed by atoms with Crippen LogP contribution in [0, 0.1) is 0 Å². The fourth-order valence-corrected chi connectivity index (χ4v) is 1.78. The minimum Gasteiger partial charge on any atom is -0.326 e. The number of hydrogen-bond donors (Lipinski definition) is 1. The molecule has 0 aliphatic heterocycles. The first-order chi connectivity index (χ1) is 9.15. The molecule has 0 radical (unpaired) electrons. The Labute approximate surface area is 113 Å². The molecule has 0 saturated carbocycles. The van der Waals surface area contributed by atoms with Crippen molar-refractivity contribution in [2.24, 2.45) is 7.05 Å². The van der Waals surface area contributed by atoms with Crippen LogP contribution in [0.15, 0.2) is 54.9 Å². The van der Waals surface area contributed by atoms with Crippen molar-refractivity contribution in [1.82, 2.24) is 5.32 Å². The van der Waals surface area contributed by atoms with Gasteiger partial charge in [0, 0.05) is 30.3 Å². The average Bonchev–Trinajstić information content (AvgIpc) is 2.39. The smallest absolute Gasteiger partial charge is 0.221 e. The molecular weight excluding hydrogens is 236 g/mol. The number of rotatable bonds is 3. The minimum atomic E-state index is -0.0737. The normalized spacial score (nSPS) is 11.2. The number of pyridine rings is 1. The van der Waals surface area contributed by atoms with Crippen LogP contribution < -0.4 is 9.88 Å². The van der Waals surface area contributed by atoms with Gasteiger partial charge in [-0.3, -0.25) is 4.79 Å². The number of aryl methyl sites for hydroxylation is 1. The third-order valence-corrected chi connectivity index (χ3v) is 2.71. The Bertz CT molecular complexity index is 586. The topological polar surface area (TPSA) is 33.0 Å². The molecule has 96 valence electrons. The number of nitrogens with zero attached hydrogens (tertiary/aromatic N) is 1. The van der Waals surface area contributed by atoms with Gasteiger partial charge in [0.25, 0.3) is 0 Å². The monoisotopic (exact) mass is 253 g/mol. The molecule has 2 rings (SSSR count). The van der Waals surface area contributed by atoms with E-state index in [1.165, 1.54) is 6.92 Å². The highest BCUT2D eigenvalue weighted by Crippen LogP contribution is 2.14. The fourth-order valence-electron chi connectivity index (χ4n) is 1.78. The molecule has 1 heterocycles. The quantitative estimate of drug-likeness (QED) is 0.835. The Balaban J connectivity index is 2.38. The lowest BCUT2D eigenvalue weighted by atomic mass is 10.1. The average molecular weight is 253 g/mol. The number of benzene rings is 1. The van der Waals surface area contributed by atoms with E-state index in [1.807, 2.05) is 72.5 Å². The predicted octanol–water partition coefficient (Wildman–Crippen LogP) is 2.15. The van der Waals surface area contributed by atoms with Crippen molar-refractivity contribution >= 4 is 17.7 Å². The molecule has 1 aromatic carbocycles. The van der Waals surface area contributed by atoms with E-state index in [0.29, 0.717) is 0 Å². The number of carbonyl (C=O) groups excluding carboxylic acids is 1. The van der Waals surface area contributed by atoms with Crippen molar-refractivity contribution in [3.63, 3.8) is 0 Å². The van der Waals surface area contributed by atoms with Crippen LogP contribution in [0.2, 0.25) is 0 Å². The van der Waals surface area contributed by atoms with E-state index in [1.54, 1.807) is 0 Å². The number of nitrogens with one attached hydrogen (secondary N) is 1. The van der Waals surface area contributed by atoms with E-state index in [2.05, 4.69) is 5.32 Å². The lowest BCUT2D eigenvalue weighted by Gasteiger charge is -2.08. The summed E-state index contributed by atoms with van der Waals surface area (Å²) >= 11 is 0. The molecule has 1 aromatic heterocycles. The summed E-state index contributed by atoms with van der Waals surface area (Å²) in [6.45, 7) is 1.52. The highest BCUT2D eigenvalue weighted by atomic mass is 16.1. The molecule has 0 unspecified atom stereocenters. The van der Waals surface area contributed by atoms with Gasteiger partial charge < -0.3 is 5.32 Å². The first-order valence-corrected chi connectivity index (χ1v) is 6.15. The molecule has 0 spiro atoms. The maximum atomic E-state index is 11.3. The summed E-state index contributed by atoms with van der Waals surface area (Å²) in [6.07, 6.45) is 5.88. The summed E-state index contributed by atoms with van der Waals surface area (Å²) < 4.78 is 1.96. The van der Waals surface area contributed by atoms with E-state index in [9.17, 15) is 4.79 Å². The van der Waals surface area contributed by atoms with Gasteiger partial charge in [-0.2, -0.15) is 0 Å². The summed E-state index contributed by atoms with van der Waals surface area (Å²) in [7, 11) is 1.96. The van der Waals surface area contributed by atoms with Gasteiger partial charge in [-0.1, -0.05) is 30.3 Å². The van der Waals surface area contributed by atoms with Crippen molar-refractivity contribution in [3.05, 3.63) is 66.0 Å². The Kier molecular flexibility index (Phi) is 4.08. The zero-order valence-corrected chi connectivity index (χ0v) is 11.1. The molecule has 0 saturated heterocycles. The molecule has 0 bridgehead atoms. The number of carbonyl (C=O) groups is 1. The Morgan fingerprint density at radius 3 is 2.32 bits per heavy atom. The van der Waals surface area contributed by atoms with Gasteiger partial charge in [-0.05, 0) is 11.6 Å². The van der Waals surface area contributed by atoms with Crippen molar-refractivity contribution < 1.29 is 9.36 Å². The van der Waals surface area contributed by atoms with Crippen molar-refractivity contribution in [2.75, 3.05) is 0 Å². The van der Waals surface area contributed by atoms with Crippen molar-refractivity contribution in [3.8, 4) is 0 Å². The van der Waals surface area contributed by atoms with Crippen LogP contribution in [-0.2, 0) is 11.8 Å². The lowest BCUT2D eigenvalue weighted by molar-refractivity contribution is -0.671. The van der Waals surface area contributed by atoms with Crippen LogP contribution in [0.4, 0.5) is 0 Å². The third-order valence-electron chi connectivity index (χ3n) is 2.71. The zero-order valence-electron chi connectivity index (χ0n) is 11.1. The molecule has 0 atom stereocenters. The molecule has 1 amide bonds. The third kappa shape index (κ3) is 3.78. The van der Waals surface area contributed by atoms with Gasteiger partial charge >= 0.3 is 0 Å². The minimum absolute atomic E-state index is 0.0737. The lowest BCUT2D eigenvalue weighted by Crippen LogP contribution is -2.26. The molecule has 0 fully saturated rings. The highest BCUT2D eigenvalue weighted by Gasteiger charge is 2.05. The van der Waals surface area contributed by atoms with E-state index < -0.39 is 0 Å². The van der Waals surface area contributed by atoms with Gasteiger partial charge in [-0.25, -0.2) is 4.57 Å². The van der Waals surface area contributed by atoms with Gasteiger partial charge in [0.2, 0.25) is 5.91 Å². The van der Waals surface area contributed by atoms with Crippen LogP contribution in [0.25, 0.3) is 11.8 Å². The Morgan fingerprint density at radius 1 is 1.11 bits per heavy atom. The number of aromatic nitrogens is 1. The maximum absolute atomic E-state index is 11.3. The van der Waals surface area contributed by atoms with Gasteiger partial charge in [0.1, 0.15) is 7.05 Å². The first kappa shape index (κ1) is 13.0. The fraction of sp³-hybridized carbons (Fsp3) is 0.125. The summed E-state index contributed by atoms with van der Waals surface area (Å²) in [5.41, 5.74) is 2.84. The summed E-state index contributed by atoms with van der Waals surface area (Å²) in [4.78, 5) is 11.3. The highest BCUT2D eigenvalue weighted by molar-refractivity contribution is 5.91. The van der Waals surface area contributed by atoms with Crippen molar-refractivity contribution in [1.29, 1.82) is 0 Å². The Morgan fingerprint density at radius 2 is 1.74 bits per heavy atom. The van der Waals surface area contributed by atoms with Gasteiger partial charge in [0.05, 0.1) is 0 Å². The van der Waals surface area contributed by atoms with Crippen LogP contribution in [0.1, 0.15) is 18.1 Å². The molecule has 3 heteroatoms. The summed E-state index contributed by atoms with van der Waals surface area (Å²) in [5.74, 6) is -0.0737. The van der Waals surface area contributed by atoms with E-state index in [-0.39, 0.29) is 5.91 Å². The standard InChI is InChI=1S/C16H16N2O/c1-13(19)17-16(12-14-6-4-3-5-7-14)15-8-10-18(2)11-9-15/h3-12H,1-2H3/p+1. The largest absolute Gasteiger partial charge is 0.326 e. The zero-order chi connectivity index (χ0) is 13.7. The Hall–Kier alpha value is -2.42.